The van der Waals surface area contributed by atoms with Crippen LogP contribution in [-0.2, 0) is 22.5 Å². The molecule has 2 aliphatic rings. The van der Waals surface area contributed by atoms with Crippen LogP contribution in [-0.4, -0.2) is 53.5 Å². The summed E-state index contributed by atoms with van der Waals surface area (Å²) in [6.07, 6.45) is 1.86. The maximum Gasteiger partial charge on any atom is 0.294 e. The minimum absolute atomic E-state index is 0.119. The number of carbonyl (C=O) groups is 1. The molecule has 0 atom stereocenters. The maximum absolute atomic E-state index is 13.4. The molecule has 8 nitrogen and oxygen atoms in total. The monoisotopic (exact) mass is 493 g/mol. The third kappa shape index (κ3) is 3.81. The molecule has 0 bridgehead atoms. The third-order valence-corrected chi connectivity index (χ3v) is 8.22. The molecule has 10 heteroatoms. The van der Waals surface area contributed by atoms with Crippen LogP contribution in [0.3, 0.4) is 0 Å². The fourth-order valence-electron chi connectivity index (χ4n) is 4.53. The van der Waals surface area contributed by atoms with E-state index in [2.05, 4.69) is 16.1 Å². The number of aromatic nitrogens is 3. The molecule has 2 aliphatic heterocycles. The molecule has 6 rings (SSSR count). The van der Waals surface area contributed by atoms with Crippen molar-refractivity contribution in [1.82, 2.24) is 14.8 Å². The Bertz CT molecular complexity index is 1410. The fraction of sp³-hybridized carbons (Fsp3) is 0.333. The van der Waals surface area contributed by atoms with Gasteiger partial charge in [0.1, 0.15) is 12.2 Å². The first kappa shape index (κ1) is 21.5. The summed E-state index contributed by atoms with van der Waals surface area (Å²) in [5, 5.41) is 7.47. The van der Waals surface area contributed by atoms with Gasteiger partial charge in [-0.05, 0) is 35.9 Å². The molecular weight excluding hydrogens is 470 g/mol. The Morgan fingerprint density at radius 1 is 1.09 bits per heavy atom. The van der Waals surface area contributed by atoms with Gasteiger partial charge < -0.3 is 14.5 Å². The van der Waals surface area contributed by atoms with Crippen molar-refractivity contribution >= 4 is 49.6 Å². The second-order valence-electron chi connectivity index (χ2n) is 8.34. The van der Waals surface area contributed by atoms with Crippen molar-refractivity contribution in [3.63, 3.8) is 0 Å². The molecule has 0 spiro atoms. The normalized spacial score (nSPS) is 16.1. The minimum Gasteiger partial charge on any atom is -0.378 e. The third-order valence-electron chi connectivity index (χ3n) is 6.22. The Morgan fingerprint density at radius 2 is 1.94 bits per heavy atom. The number of aryl methyl sites for hydroxylation is 1. The van der Waals surface area contributed by atoms with Crippen molar-refractivity contribution in [2.45, 2.75) is 19.4 Å². The topological polar surface area (TPSA) is 80.6 Å². The van der Waals surface area contributed by atoms with Gasteiger partial charge in [0.2, 0.25) is 5.91 Å². The SMILES string of the molecule is O=C(Cn1nc(-c2cccs2)c2sc(N3CCOCC3)nc2c1=O)N1CCCc2ccccc21. The van der Waals surface area contributed by atoms with E-state index in [0.717, 1.165) is 51.9 Å². The number of amides is 1. The quantitative estimate of drug-likeness (QED) is 0.434. The lowest BCUT2D eigenvalue weighted by Crippen LogP contribution is -2.40. The molecule has 0 aliphatic carbocycles. The summed E-state index contributed by atoms with van der Waals surface area (Å²) in [6.45, 7) is 3.28. The van der Waals surface area contributed by atoms with E-state index in [9.17, 15) is 9.59 Å². The standard InChI is InChI=1S/C24H23N5O3S2/c30-19(28-9-3-6-16-5-1-2-7-17(16)28)15-29-23(31)21-22(20(26-29)18-8-4-14-33-18)34-24(25-21)27-10-12-32-13-11-27/h1-2,4-5,7-8,14H,3,6,9-13,15H2. The molecule has 1 saturated heterocycles. The van der Waals surface area contributed by atoms with E-state index in [-0.39, 0.29) is 18.0 Å². The summed E-state index contributed by atoms with van der Waals surface area (Å²) in [5.41, 5.74) is 2.83. The van der Waals surface area contributed by atoms with Gasteiger partial charge in [-0.2, -0.15) is 5.10 Å². The van der Waals surface area contributed by atoms with Gasteiger partial charge in [0.05, 0.1) is 22.8 Å². The van der Waals surface area contributed by atoms with Gasteiger partial charge in [0.15, 0.2) is 10.6 Å². The van der Waals surface area contributed by atoms with Crippen LogP contribution in [0.4, 0.5) is 10.8 Å². The van der Waals surface area contributed by atoms with E-state index < -0.39 is 0 Å². The number of anilines is 2. The Balaban J connectivity index is 1.41. The number of fused-ring (bicyclic) bond motifs is 2. The molecule has 1 amide bonds. The van der Waals surface area contributed by atoms with Crippen LogP contribution < -0.4 is 15.4 Å². The molecule has 174 valence electrons. The smallest absolute Gasteiger partial charge is 0.294 e. The van der Waals surface area contributed by atoms with Crippen molar-refractivity contribution in [2.75, 3.05) is 42.6 Å². The van der Waals surface area contributed by atoms with Crippen LogP contribution >= 0.6 is 22.7 Å². The summed E-state index contributed by atoms with van der Waals surface area (Å²) in [7, 11) is 0. The zero-order valence-electron chi connectivity index (χ0n) is 18.5. The first-order valence-corrected chi connectivity index (χ1v) is 13.0. The van der Waals surface area contributed by atoms with Crippen LogP contribution in [0.15, 0.2) is 46.6 Å². The molecule has 0 unspecified atom stereocenters. The molecule has 3 aromatic heterocycles. The number of hydrogen-bond donors (Lipinski definition) is 0. The second kappa shape index (κ2) is 8.94. The summed E-state index contributed by atoms with van der Waals surface area (Å²) in [6, 6.07) is 11.9. The second-order valence-corrected chi connectivity index (χ2v) is 10.3. The van der Waals surface area contributed by atoms with Crippen LogP contribution in [0.1, 0.15) is 12.0 Å². The first-order chi connectivity index (χ1) is 16.7. The lowest BCUT2D eigenvalue weighted by molar-refractivity contribution is -0.119. The number of para-hydroxylation sites is 1. The Kier molecular flexibility index (Phi) is 5.64. The van der Waals surface area contributed by atoms with Crippen LogP contribution in [0, 0.1) is 0 Å². The molecule has 0 saturated carbocycles. The molecule has 0 radical (unpaired) electrons. The number of rotatable bonds is 4. The zero-order valence-corrected chi connectivity index (χ0v) is 20.1. The van der Waals surface area contributed by atoms with Gasteiger partial charge >= 0.3 is 0 Å². The molecule has 0 N–H and O–H groups in total. The van der Waals surface area contributed by atoms with Gasteiger partial charge in [0.25, 0.3) is 5.56 Å². The lowest BCUT2D eigenvalue weighted by atomic mass is 10.0. The van der Waals surface area contributed by atoms with Crippen LogP contribution in [0.2, 0.25) is 0 Å². The highest BCUT2D eigenvalue weighted by atomic mass is 32.1. The Labute approximate surface area is 204 Å². The van der Waals surface area contributed by atoms with E-state index in [4.69, 9.17) is 9.72 Å². The van der Waals surface area contributed by atoms with Gasteiger partial charge in [-0.25, -0.2) is 9.67 Å². The molecule has 1 fully saturated rings. The van der Waals surface area contributed by atoms with Gasteiger partial charge in [-0.3, -0.25) is 9.59 Å². The van der Waals surface area contributed by atoms with Gasteiger partial charge in [-0.15, -0.1) is 11.3 Å². The van der Waals surface area contributed by atoms with E-state index in [1.54, 1.807) is 16.2 Å². The Hall–Kier alpha value is -3.08. The fourth-order valence-corrected chi connectivity index (χ4v) is 6.41. The molecule has 4 aromatic rings. The molecule has 1 aromatic carbocycles. The van der Waals surface area contributed by atoms with E-state index >= 15 is 0 Å². The number of benzene rings is 1. The summed E-state index contributed by atoms with van der Waals surface area (Å²) in [4.78, 5) is 36.4. The van der Waals surface area contributed by atoms with Crippen LogP contribution in [0.25, 0.3) is 20.8 Å². The average Bonchev–Trinajstić information content (AvgIpc) is 3.57. The van der Waals surface area contributed by atoms with Gasteiger partial charge in [0, 0.05) is 25.3 Å². The maximum atomic E-state index is 13.4. The van der Waals surface area contributed by atoms with Gasteiger partial charge in [-0.1, -0.05) is 35.6 Å². The van der Waals surface area contributed by atoms with Crippen LogP contribution in [0.5, 0.6) is 0 Å². The number of ether oxygens (including phenoxy) is 1. The number of morpholine rings is 1. The van der Waals surface area contributed by atoms with Crippen molar-refractivity contribution in [2.24, 2.45) is 0 Å². The minimum atomic E-state index is -0.329. The van der Waals surface area contributed by atoms with Crippen molar-refractivity contribution in [3.05, 3.63) is 57.7 Å². The highest BCUT2D eigenvalue weighted by Gasteiger charge is 2.26. The van der Waals surface area contributed by atoms with Crippen molar-refractivity contribution in [1.29, 1.82) is 0 Å². The number of nitrogens with zero attached hydrogens (tertiary/aromatic N) is 5. The number of carbonyl (C=O) groups excluding carboxylic acids is 1. The Morgan fingerprint density at radius 3 is 2.76 bits per heavy atom. The average molecular weight is 494 g/mol. The zero-order chi connectivity index (χ0) is 23.1. The summed E-state index contributed by atoms with van der Waals surface area (Å²) in [5.74, 6) is -0.137. The highest BCUT2D eigenvalue weighted by Crippen LogP contribution is 2.35. The van der Waals surface area contributed by atoms with E-state index in [1.165, 1.54) is 16.0 Å². The summed E-state index contributed by atoms with van der Waals surface area (Å²) >= 11 is 3.04. The highest BCUT2D eigenvalue weighted by molar-refractivity contribution is 7.23. The number of thiazole rings is 1. The number of hydrogen-bond acceptors (Lipinski definition) is 8. The summed E-state index contributed by atoms with van der Waals surface area (Å²) < 4.78 is 7.52. The van der Waals surface area contributed by atoms with Crippen molar-refractivity contribution in [3.8, 4) is 10.6 Å². The van der Waals surface area contributed by atoms with Crippen molar-refractivity contribution < 1.29 is 9.53 Å². The first-order valence-electron chi connectivity index (χ1n) is 11.4. The number of thiophene rings is 1. The molecular formula is C24H23N5O3S2. The predicted molar refractivity (Wildman–Crippen MR) is 135 cm³/mol. The lowest BCUT2D eigenvalue weighted by Gasteiger charge is -2.29. The predicted octanol–water partition coefficient (Wildman–Crippen LogP) is 3.40. The van der Waals surface area contributed by atoms with E-state index in [0.29, 0.717) is 31.0 Å². The molecule has 5 heterocycles. The molecule has 34 heavy (non-hydrogen) atoms. The van der Waals surface area contributed by atoms with E-state index in [1.807, 2.05) is 35.7 Å². The largest absolute Gasteiger partial charge is 0.378 e.